The van der Waals surface area contributed by atoms with Crippen molar-refractivity contribution in [2.24, 2.45) is 0 Å². The van der Waals surface area contributed by atoms with Crippen molar-refractivity contribution in [3.8, 4) is 0 Å². The molecule has 0 aliphatic rings. The minimum absolute atomic E-state index is 0.0657. The van der Waals surface area contributed by atoms with Gasteiger partial charge in [-0.2, -0.15) is 0 Å². The van der Waals surface area contributed by atoms with Crippen LogP contribution in [0.3, 0.4) is 0 Å². The highest BCUT2D eigenvalue weighted by Gasteiger charge is 2.31. The molecule has 2 aromatic heterocycles. The number of nitrogen functional groups attached to an aromatic ring is 1. The summed E-state index contributed by atoms with van der Waals surface area (Å²) in [5, 5.41) is 4.37. The van der Waals surface area contributed by atoms with Crippen LogP contribution in [0.2, 0.25) is 0 Å². The lowest BCUT2D eigenvalue weighted by atomic mass is 9.76. The largest absolute Gasteiger partial charge is 0.382 e. The van der Waals surface area contributed by atoms with Gasteiger partial charge in [-0.15, -0.1) is 5.10 Å². The van der Waals surface area contributed by atoms with Crippen molar-refractivity contribution < 1.29 is 0 Å². The molecule has 4 nitrogen and oxygen atoms in total. The van der Waals surface area contributed by atoms with Crippen LogP contribution in [-0.2, 0) is 5.41 Å². The molecule has 0 amide bonds. The molecule has 0 radical (unpaired) electrons. The molecule has 0 fully saturated rings. The molecule has 2 aromatic rings. The summed E-state index contributed by atoms with van der Waals surface area (Å²) < 4.78 is 1.78. The second-order valence-electron chi connectivity index (χ2n) is 5.17. The van der Waals surface area contributed by atoms with Crippen molar-refractivity contribution in [2.75, 3.05) is 5.73 Å². The number of fused-ring (bicyclic) bond motifs is 1. The summed E-state index contributed by atoms with van der Waals surface area (Å²) in [5.74, 6) is 0.620. The zero-order chi connectivity index (χ0) is 13.2. The predicted octanol–water partition coefficient (Wildman–Crippen LogP) is 3.17. The Morgan fingerprint density at radius 1 is 1.39 bits per heavy atom. The van der Waals surface area contributed by atoms with Crippen molar-refractivity contribution in [3.63, 3.8) is 0 Å². The normalized spacial score (nSPS) is 14.8. The van der Waals surface area contributed by atoms with E-state index in [1.807, 2.05) is 12.3 Å². The smallest absolute Gasteiger partial charge is 0.160 e. The molecular weight excluding hydrogens is 224 g/mol. The van der Waals surface area contributed by atoms with Gasteiger partial charge in [0, 0.05) is 18.0 Å². The molecule has 0 aliphatic heterocycles. The first-order valence-electron chi connectivity index (χ1n) is 6.71. The van der Waals surface area contributed by atoms with E-state index in [1.54, 1.807) is 10.7 Å². The summed E-state index contributed by atoms with van der Waals surface area (Å²) in [5.41, 5.74) is 8.19. The van der Waals surface area contributed by atoms with Gasteiger partial charge in [-0.3, -0.25) is 0 Å². The molecular formula is C14H22N4. The lowest BCUT2D eigenvalue weighted by molar-refractivity contribution is 0.407. The van der Waals surface area contributed by atoms with Gasteiger partial charge in [-0.1, -0.05) is 33.6 Å². The van der Waals surface area contributed by atoms with E-state index in [4.69, 9.17) is 5.73 Å². The number of hydrogen-bond acceptors (Lipinski definition) is 3. The third-order valence-electron chi connectivity index (χ3n) is 3.89. The van der Waals surface area contributed by atoms with Crippen LogP contribution in [0, 0.1) is 0 Å². The molecule has 4 heteroatoms. The number of unbranched alkanes of at least 4 members (excludes halogenated alkanes) is 1. The number of nitrogens with two attached hydrogens (primary N) is 1. The first-order chi connectivity index (χ1) is 8.62. The van der Waals surface area contributed by atoms with Crippen molar-refractivity contribution >= 4 is 11.5 Å². The predicted molar refractivity (Wildman–Crippen MR) is 74.6 cm³/mol. The molecule has 0 spiro atoms. The van der Waals surface area contributed by atoms with Crippen LogP contribution in [0.5, 0.6) is 0 Å². The zero-order valence-corrected chi connectivity index (χ0v) is 11.5. The summed E-state index contributed by atoms with van der Waals surface area (Å²) >= 11 is 0. The SMILES string of the molecule is CCCCC(C)(CC)c1c(N)nn2cccnc12. The fraction of sp³-hybridized carbons (Fsp3) is 0.571. The second-order valence-corrected chi connectivity index (χ2v) is 5.17. The molecule has 2 rings (SSSR count). The first kappa shape index (κ1) is 12.9. The molecule has 2 N–H and O–H groups in total. The minimum Gasteiger partial charge on any atom is -0.382 e. The highest BCUT2D eigenvalue weighted by Crippen LogP contribution is 2.38. The maximum atomic E-state index is 6.11. The maximum absolute atomic E-state index is 6.11. The number of aromatic nitrogens is 3. The van der Waals surface area contributed by atoms with Crippen LogP contribution in [-0.4, -0.2) is 14.6 Å². The Labute approximate surface area is 108 Å². The van der Waals surface area contributed by atoms with Gasteiger partial charge >= 0.3 is 0 Å². The van der Waals surface area contributed by atoms with Gasteiger partial charge in [0.2, 0.25) is 0 Å². The lowest BCUT2D eigenvalue weighted by Gasteiger charge is -2.27. The fourth-order valence-corrected chi connectivity index (χ4v) is 2.53. The highest BCUT2D eigenvalue weighted by atomic mass is 15.3. The second kappa shape index (κ2) is 4.96. The van der Waals surface area contributed by atoms with Crippen LogP contribution >= 0.6 is 0 Å². The summed E-state index contributed by atoms with van der Waals surface area (Å²) in [6.45, 7) is 6.69. The zero-order valence-electron chi connectivity index (χ0n) is 11.5. The maximum Gasteiger partial charge on any atom is 0.160 e. The van der Waals surface area contributed by atoms with Crippen molar-refractivity contribution in [2.45, 2.75) is 51.9 Å². The van der Waals surface area contributed by atoms with Crippen molar-refractivity contribution in [1.29, 1.82) is 0 Å². The van der Waals surface area contributed by atoms with Gasteiger partial charge in [0.15, 0.2) is 11.5 Å². The van der Waals surface area contributed by atoms with E-state index in [2.05, 4.69) is 30.9 Å². The highest BCUT2D eigenvalue weighted by molar-refractivity contribution is 5.62. The van der Waals surface area contributed by atoms with Crippen molar-refractivity contribution in [1.82, 2.24) is 14.6 Å². The Morgan fingerprint density at radius 2 is 2.17 bits per heavy atom. The Morgan fingerprint density at radius 3 is 2.83 bits per heavy atom. The number of hydrogen-bond donors (Lipinski definition) is 1. The summed E-state index contributed by atoms with van der Waals surface area (Å²) in [4.78, 5) is 4.44. The van der Waals surface area contributed by atoms with Crippen LogP contribution < -0.4 is 5.73 Å². The molecule has 0 bridgehead atoms. The molecule has 1 unspecified atom stereocenters. The monoisotopic (exact) mass is 246 g/mol. The van der Waals surface area contributed by atoms with Gasteiger partial charge in [0.25, 0.3) is 0 Å². The summed E-state index contributed by atoms with van der Waals surface area (Å²) in [6.07, 6.45) is 8.28. The quantitative estimate of drug-likeness (QED) is 0.881. The minimum atomic E-state index is 0.0657. The summed E-state index contributed by atoms with van der Waals surface area (Å²) in [7, 11) is 0. The van der Waals surface area contributed by atoms with Gasteiger partial charge < -0.3 is 5.73 Å². The van der Waals surface area contributed by atoms with E-state index in [0.717, 1.165) is 24.1 Å². The van der Waals surface area contributed by atoms with E-state index in [1.165, 1.54) is 12.8 Å². The van der Waals surface area contributed by atoms with Gasteiger partial charge in [-0.05, 0) is 24.3 Å². The van der Waals surface area contributed by atoms with Crippen LogP contribution in [0.15, 0.2) is 18.5 Å². The van der Waals surface area contributed by atoms with Gasteiger partial charge in [0.05, 0.1) is 0 Å². The van der Waals surface area contributed by atoms with E-state index < -0.39 is 0 Å². The molecule has 1 atom stereocenters. The Hall–Kier alpha value is -1.58. The van der Waals surface area contributed by atoms with Crippen LogP contribution in [0.25, 0.3) is 5.65 Å². The average molecular weight is 246 g/mol. The fourth-order valence-electron chi connectivity index (χ4n) is 2.53. The molecule has 18 heavy (non-hydrogen) atoms. The molecule has 0 aromatic carbocycles. The third-order valence-corrected chi connectivity index (χ3v) is 3.89. The standard InChI is InChI=1S/C14H22N4/c1-4-6-8-14(3,5-2)11-12(15)17-18-10-7-9-16-13(11)18/h7,9-10H,4-6,8H2,1-3H3,(H2,15,17). The van der Waals surface area contributed by atoms with Crippen LogP contribution in [0.4, 0.5) is 5.82 Å². The Bertz CT molecular complexity index is 532. The van der Waals surface area contributed by atoms with E-state index in [0.29, 0.717) is 5.82 Å². The molecule has 0 saturated carbocycles. The first-order valence-corrected chi connectivity index (χ1v) is 6.71. The Balaban J connectivity index is 2.53. The van der Waals surface area contributed by atoms with Crippen molar-refractivity contribution in [3.05, 3.63) is 24.0 Å². The molecule has 98 valence electrons. The van der Waals surface area contributed by atoms with E-state index in [-0.39, 0.29) is 5.41 Å². The molecule has 0 saturated heterocycles. The number of rotatable bonds is 5. The number of anilines is 1. The summed E-state index contributed by atoms with van der Waals surface area (Å²) in [6, 6.07) is 1.87. The lowest BCUT2D eigenvalue weighted by Crippen LogP contribution is -2.22. The molecule has 0 aliphatic carbocycles. The van der Waals surface area contributed by atoms with E-state index in [9.17, 15) is 0 Å². The van der Waals surface area contributed by atoms with Gasteiger partial charge in [0.1, 0.15) is 0 Å². The van der Waals surface area contributed by atoms with Gasteiger partial charge in [-0.25, -0.2) is 9.50 Å². The Kier molecular flexibility index (Phi) is 3.55. The molecule has 2 heterocycles. The van der Waals surface area contributed by atoms with Crippen LogP contribution in [0.1, 0.15) is 52.0 Å². The van der Waals surface area contributed by atoms with E-state index >= 15 is 0 Å². The average Bonchev–Trinajstić information content (AvgIpc) is 2.72. The third kappa shape index (κ3) is 2.07. The topological polar surface area (TPSA) is 56.2 Å². The number of nitrogens with zero attached hydrogens (tertiary/aromatic N) is 3.